The van der Waals surface area contributed by atoms with Crippen LogP contribution in [0.5, 0.6) is 0 Å². The van der Waals surface area contributed by atoms with Crippen LogP contribution in [0.1, 0.15) is 27.3 Å². The van der Waals surface area contributed by atoms with Crippen LogP contribution in [0.25, 0.3) is 5.69 Å². The molecule has 0 unspecified atom stereocenters. The fourth-order valence-corrected chi connectivity index (χ4v) is 3.69. The molecular weight excluding hydrogens is 360 g/mol. The number of rotatable bonds is 4. The van der Waals surface area contributed by atoms with E-state index in [0.717, 1.165) is 28.9 Å². The topological polar surface area (TPSA) is 68.2 Å². The Morgan fingerprint density at radius 3 is 2.04 bits per heavy atom. The van der Waals surface area contributed by atoms with E-state index in [1.165, 1.54) is 12.1 Å². The van der Waals surface area contributed by atoms with Gasteiger partial charge in [-0.2, -0.15) is 0 Å². The van der Waals surface area contributed by atoms with Gasteiger partial charge >= 0.3 is 0 Å². The van der Waals surface area contributed by atoms with Crippen LogP contribution in [0.15, 0.2) is 59.5 Å². The number of amides is 1. The van der Waals surface area contributed by atoms with E-state index in [9.17, 15) is 13.2 Å². The van der Waals surface area contributed by atoms with Crippen molar-refractivity contribution in [3.63, 3.8) is 0 Å². The molecule has 3 rings (SSSR count). The van der Waals surface area contributed by atoms with Crippen LogP contribution >= 0.6 is 0 Å². The van der Waals surface area contributed by atoms with Gasteiger partial charge in [0.05, 0.1) is 4.90 Å². The molecule has 1 heterocycles. The van der Waals surface area contributed by atoms with Gasteiger partial charge in [0.2, 0.25) is 0 Å². The van der Waals surface area contributed by atoms with E-state index < -0.39 is 9.84 Å². The number of carbonyl (C=O) groups is 1. The van der Waals surface area contributed by atoms with Crippen LogP contribution in [0.2, 0.25) is 0 Å². The first-order valence-electron chi connectivity index (χ1n) is 8.54. The van der Waals surface area contributed by atoms with Crippen molar-refractivity contribution in [2.45, 2.75) is 25.7 Å². The fourth-order valence-electron chi connectivity index (χ4n) is 3.04. The Bertz CT molecular complexity index is 1090. The SMILES string of the molecule is Cc1ccc(S(C)(=O)=O)cc1C(=O)Nc1ccc(-n2c(C)ccc2C)cc1. The van der Waals surface area contributed by atoms with Gasteiger partial charge < -0.3 is 9.88 Å². The van der Waals surface area contributed by atoms with Crippen molar-refractivity contribution >= 4 is 21.4 Å². The number of anilines is 1. The molecule has 3 aromatic rings. The molecule has 0 radical (unpaired) electrons. The lowest BCUT2D eigenvalue weighted by Crippen LogP contribution is -2.14. The van der Waals surface area contributed by atoms with Crippen molar-refractivity contribution in [2.24, 2.45) is 0 Å². The Labute approximate surface area is 159 Å². The zero-order valence-electron chi connectivity index (χ0n) is 15.8. The van der Waals surface area contributed by atoms with Crippen molar-refractivity contribution in [1.29, 1.82) is 0 Å². The molecule has 0 saturated heterocycles. The molecule has 0 spiro atoms. The summed E-state index contributed by atoms with van der Waals surface area (Å²) in [6.45, 7) is 5.86. The lowest BCUT2D eigenvalue weighted by atomic mass is 10.1. The third-order valence-corrected chi connectivity index (χ3v) is 5.65. The number of sulfone groups is 1. The van der Waals surface area contributed by atoms with Crippen molar-refractivity contribution in [1.82, 2.24) is 4.57 Å². The highest BCUT2D eigenvalue weighted by Gasteiger charge is 2.15. The molecule has 2 aromatic carbocycles. The average Bonchev–Trinajstić information content (AvgIpc) is 2.93. The number of aromatic nitrogens is 1. The molecule has 0 aliphatic rings. The van der Waals surface area contributed by atoms with Gasteiger partial charge in [0.1, 0.15) is 0 Å². The normalized spacial score (nSPS) is 11.4. The number of nitrogens with one attached hydrogen (secondary N) is 1. The minimum Gasteiger partial charge on any atom is -0.322 e. The second kappa shape index (κ2) is 7.04. The Balaban J connectivity index is 1.85. The van der Waals surface area contributed by atoms with Crippen LogP contribution < -0.4 is 5.32 Å². The zero-order valence-corrected chi connectivity index (χ0v) is 16.6. The Kier molecular flexibility index (Phi) is 4.93. The van der Waals surface area contributed by atoms with E-state index in [0.29, 0.717) is 11.3 Å². The number of hydrogen-bond acceptors (Lipinski definition) is 3. The summed E-state index contributed by atoms with van der Waals surface area (Å²) in [6.07, 6.45) is 1.13. The third-order valence-electron chi connectivity index (χ3n) is 4.54. The summed E-state index contributed by atoms with van der Waals surface area (Å²) in [5.74, 6) is -0.334. The van der Waals surface area contributed by atoms with E-state index in [1.807, 2.05) is 38.1 Å². The van der Waals surface area contributed by atoms with Crippen LogP contribution in [-0.4, -0.2) is 25.1 Å². The van der Waals surface area contributed by atoms with E-state index in [1.54, 1.807) is 13.0 Å². The first kappa shape index (κ1) is 18.9. The Morgan fingerprint density at radius 2 is 1.48 bits per heavy atom. The number of nitrogens with zero attached hydrogens (tertiary/aromatic N) is 1. The number of benzene rings is 2. The van der Waals surface area contributed by atoms with Gasteiger partial charge in [-0.15, -0.1) is 0 Å². The summed E-state index contributed by atoms with van der Waals surface area (Å²) in [5, 5.41) is 2.84. The van der Waals surface area contributed by atoms with Crippen LogP contribution in [0.3, 0.4) is 0 Å². The molecule has 5 nitrogen and oxygen atoms in total. The second-order valence-corrected chi connectivity index (χ2v) is 8.72. The first-order chi connectivity index (χ1) is 12.7. The lowest BCUT2D eigenvalue weighted by molar-refractivity contribution is 0.102. The Hall–Kier alpha value is -2.86. The van der Waals surface area contributed by atoms with E-state index >= 15 is 0 Å². The molecule has 140 valence electrons. The summed E-state index contributed by atoms with van der Waals surface area (Å²) in [4.78, 5) is 12.8. The molecule has 0 aliphatic carbocycles. The summed E-state index contributed by atoms with van der Waals surface area (Å²) < 4.78 is 25.6. The third kappa shape index (κ3) is 3.95. The highest BCUT2D eigenvalue weighted by molar-refractivity contribution is 7.90. The Morgan fingerprint density at radius 1 is 0.889 bits per heavy atom. The molecule has 1 N–H and O–H groups in total. The molecule has 6 heteroatoms. The average molecular weight is 382 g/mol. The van der Waals surface area contributed by atoms with Gasteiger partial charge in [0.15, 0.2) is 9.84 Å². The van der Waals surface area contributed by atoms with Crippen molar-refractivity contribution in [3.05, 3.63) is 77.1 Å². The molecule has 0 aliphatic heterocycles. The van der Waals surface area contributed by atoms with E-state index in [-0.39, 0.29) is 10.8 Å². The van der Waals surface area contributed by atoms with Crippen molar-refractivity contribution in [3.8, 4) is 5.69 Å². The zero-order chi connectivity index (χ0) is 19.8. The maximum atomic E-state index is 12.6. The highest BCUT2D eigenvalue weighted by Crippen LogP contribution is 2.20. The monoisotopic (exact) mass is 382 g/mol. The summed E-state index contributed by atoms with van der Waals surface area (Å²) in [5.41, 5.74) is 5.00. The summed E-state index contributed by atoms with van der Waals surface area (Å²) in [7, 11) is -3.37. The smallest absolute Gasteiger partial charge is 0.255 e. The summed E-state index contributed by atoms with van der Waals surface area (Å²) >= 11 is 0. The first-order valence-corrected chi connectivity index (χ1v) is 10.4. The number of aryl methyl sites for hydroxylation is 3. The van der Waals surface area contributed by atoms with Crippen LogP contribution in [-0.2, 0) is 9.84 Å². The van der Waals surface area contributed by atoms with Crippen LogP contribution in [0, 0.1) is 20.8 Å². The van der Waals surface area contributed by atoms with E-state index in [4.69, 9.17) is 0 Å². The fraction of sp³-hybridized carbons (Fsp3) is 0.190. The van der Waals surface area contributed by atoms with Gasteiger partial charge in [0.25, 0.3) is 5.91 Å². The number of carbonyl (C=O) groups excluding carboxylic acids is 1. The quantitative estimate of drug-likeness (QED) is 0.740. The standard InChI is InChI=1S/C21H22N2O3S/c1-14-5-12-19(27(4,25)26)13-20(14)21(24)22-17-8-10-18(11-9-17)23-15(2)6-7-16(23)3/h5-13H,1-4H3,(H,22,24). The molecule has 27 heavy (non-hydrogen) atoms. The molecule has 1 aromatic heterocycles. The molecule has 0 fully saturated rings. The van der Waals surface area contributed by atoms with Gasteiger partial charge in [-0.25, -0.2) is 8.42 Å². The molecular formula is C21H22N2O3S. The largest absolute Gasteiger partial charge is 0.322 e. The van der Waals surface area contributed by atoms with Gasteiger partial charge in [-0.1, -0.05) is 6.07 Å². The summed E-state index contributed by atoms with van der Waals surface area (Å²) in [6, 6.07) is 16.2. The van der Waals surface area contributed by atoms with E-state index in [2.05, 4.69) is 22.0 Å². The molecule has 0 saturated carbocycles. The van der Waals surface area contributed by atoms with Crippen LogP contribution in [0.4, 0.5) is 5.69 Å². The molecule has 0 bridgehead atoms. The molecule has 0 atom stereocenters. The van der Waals surface area contributed by atoms with Crippen molar-refractivity contribution in [2.75, 3.05) is 11.6 Å². The number of hydrogen-bond donors (Lipinski definition) is 1. The van der Waals surface area contributed by atoms with Crippen molar-refractivity contribution < 1.29 is 13.2 Å². The van der Waals surface area contributed by atoms with Gasteiger partial charge in [0, 0.05) is 34.6 Å². The van der Waals surface area contributed by atoms with Gasteiger partial charge in [-0.05, 0) is 74.9 Å². The second-order valence-electron chi connectivity index (χ2n) is 6.70. The lowest BCUT2D eigenvalue weighted by Gasteiger charge is -2.12. The maximum Gasteiger partial charge on any atom is 0.255 e. The minimum absolute atomic E-state index is 0.132. The van der Waals surface area contributed by atoms with Gasteiger partial charge in [-0.3, -0.25) is 4.79 Å². The molecule has 1 amide bonds. The minimum atomic E-state index is -3.37. The highest BCUT2D eigenvalue weighted by atomic mass is 32.2. The predicted octanol–water partition coefficient (Wildman–Crippen LogP) is 4.06. The predicted molar refractivity (Wildman–Crippen MR) is 107 cm³/mol. The maximum absolute atomic E-state index is 12.6.